The maximum atomic E-state index is 12.3. The van der Waals surface area contributed by atoms with Gasteiger partial charge in [0.1, 0.15) is 11.8 Å². The molecule has 1 aromatic carbocycles. The summed E-state index contributed by atoms with van der Waals surface area (Å²) < 4.78 is 5.44. The minimum atomic E-state index is -0.874. The van der Waals surface area contributed by atoms with Crippen molar-refractivity contribution in [2.24, 2.45) is 5.41 Å². The number of carbonyl (C=O) groups is 2. The lowest BCUT2D eigenvalue weighted by molar-refractivity contribution is -0.147. The van der Waals surface area contributed by atoms with Crippen LogP contribution in [0.2, 0.25) is 0 Å². The number of nitrogens with one attached hydrogen (secondary N) is 1. The van der Waals surface area contributed by atoms with E-state index < -0.39 is 11.4 Å². The van der Waals surface area contributed by atoms with E-state index in [1.54, 1.807) is 13.8 Å². The van der Waals surface area contributed by atoms with E-state index in [2.05, 4.69) is 5.32 Å². The molecule has 1 aromatic heterocycles. The molecule has 0 radical (unpaired) electrons. The van der Waals surface area contributed by atoms with Gasteiger partial charge in [-0.15, -0.1) is 0 Å². The molecular formula is C17H21NO4. The molecule has 2 aromatic rings. The first-order valence-electron chi connectivity index (χ1n) is 7.22. The summed E-state index contributed by atoms with van der Waals surface area (Å²) in [7, 11) is 0. The van der Waals surface area contributed by atoms with Crippen LogP contribution < -0.4 is 5.32 Å². The first kappa shape index (κ1) is 16.1. The van der Waals surface area contributed by atoms with Gasteiger partial charge in [-0.25, -0.2) is 0 Å². The predicted octanol–water partition coefficient (Wildman–Crippen LogP) is 3.28. The molecule has 0 saturated carbocycles. The topological polar surface area (TPSA) is 79.5 Å². The number of aliphatic carboxylic acids is 1. The fourth-order valence-electron chi connectivity index (χ4n) is 2.15. The van der Waals surface area contributed by atoms with Crippen LogP contribution in [0.3, 0.4) is 0 Å². The highest BCUT2D eigenvalue weighted by Gasteiger charge is 2.26. The summed E-state index contributed by atoms with van der Waals surface area (Å²) in [5.41, 5.74) is 2.50. The van der Waals surface area contributed by atoms with Crippen molar-refractivity contribution in [1.29, 1.82) is 0 Å². The molecule has 0 spiro atoms. The van der Waals surface area contributed by atoms with E-state index in [0.717, 1.165) is 16.5 Å². The number of rotatable bonds is 5. The summed E-state index contributed by atoms with van der Waals surface area (Å²) >= 11 is 0. The summed E-state index contributed by atoms with van der Waals surface area (Å²) in [5.74, 6) is -1.12. The molecule has 2 N–H and O–H groups in total. The van der Waals surface area contributed by atoms with E-state index in [1.807, 2.05) is 26.0 Å². The van der Waals surface area contributed by atoms with E-state index >= 15 is 0 Å². The Morgan fingerprint density at radius 1 is 1.23 bits per heavy atom. The summed E-state index contributed by atoms with van der Waals surface area (Å²) in [6.07, 6.45) is 1.81. The molecule has 0 atom stereocenters. The number of furan rings is 1. The van der Waals surface area contributed by atoms with Gasteiger partial charge in [0.2, 0.25) is 0 Å². The molecule has 0 aliphatic carbocycles. The lowest BCUT2D eigenvalue weighted by atomic mass is 9.90. The van der Waals surface area contributed by atoms with E-state index in [9.17, 15) is 9.59 Å². The number of amides is 1. The molecule has 0 bridgehead atoms. The summed E-state index contributed by atoms with van der Waals surface area (Å²) in [4.78, 5) is 23.3. The zero-order chi connectivity index (χ0) is 16.5. The van der Waals surface area contributed by atoms with E-state index in [4.69, 9.17) is 9.52 Å². The highest BCUT2D eigenvalue weighted by Crippen LogP contribution is 2.25. The van der Waals surface area contributed by atoms with E-state index in [-0.39, 0.29) is 5.91 Å². The first-order valence-corrected chi connectivity index (χ1v) is 7.22. The Morgan fingerprint density at radius 2 is 1.86 bits per heavy atom. The van der Waals surface area contributed by atoms with Crippen LogP contribution in [-0.4, -0.2) is 23.5 Å². The first-order chi connectivity index (χ1) is 10.2. The van der Waals surface area contributed by atoms with Gasteiger partial charge in [-0.1, -0.05) is 0 Å². The van der Waals surface area contributed by atoms with Crippen molar-refractivity contribution in [3.63, 3.8) is 0 Å². The van der Waals surface area contributed by atoms with Gasteiger partial charge in [0.25, 0.3) is 5.91 Å². The van der Waals surface area contributed by atoms with Crippen molar-refractivity contribution in [3.05, 3.63) is 35.1 Å². The van der Waals surface area contributed by atoms with Gasteiger partial charge in [0.05, 0.1) is 11.0 Å². The number of aryl methyl sites for hydroxylation is 2. The minimum Gasteiger partial charge on any atom is -0.481 e. The second-order valence-corrected chi connectivity index (χ2v) is 6.28. The lowest BCUT2D eigenvalue weighted by Crippen LogP contribution is -2.31. The number of benzene rings is 1. The Balaban J connectivity index is 2.11. The normalized spacial score (nSPS) is 11.6. The molecule has 5 heteroatoms. The van der Waals surface area contributed by atoms with Gasteiger partial charge in [0.15, 0.2) is 0 Å². The van der Waals surface area contributed by atoms with Crippen LogP contribution in [0.4, 0.5) is 0 Å². The molecular weight excluding hydrogens is 282 g/mol. The monoisotopic (exact) mass is 303 g/mol. The Kier molecular flexibility index (Phi) is 4.26. The standard InChI is InChI=1S/C17H21NO4/c1-10-7-12-13(9-22-14(12)8-11(10)2)15(19)18-6-5-17(3,4)16(20)21/h7-9H,5-6H2,1-4H3,(H,18,19)(H,20,21). The fourth-order valence-corrected chi connectivity index (χ4v) is 2.15. The smallest absolute Gasteiger partial charge is 0.309 e. The zero-order valence-electron chi connectivity index (χ0n) is 13.3. The number of fused-ring (bicyclic) bond motifs is 1. The van der Waals surface area contributed by atoms with Gasteiger partial charge < -0.3 is 14.8 Å². The largest absolute Gasteiger partial charge is 0.481 e. The van der Waals surface area contributed by atoms with Crippen LogP contribution in [0.5, 0.6) is 0 Å². The maximum Gasteiger partial charge on any atom is 0.309 e. The Labute approximate surface area is 129 Å². The average Bonchev–Trinajstić information content (AvgIpc) is 2.81. The summed E-state index contributed by atoms with van der Waals surface area (Å²) in [6.45, 7) is 7.56. The third-order valence-corrected chi connectivity index (χ3v) is 4.05. The molecule has 22 heavy (non-hydrogen) atoms. The lowest BCUT2D eigenvalue weighted by Gasteiger charge is -2.18. The number of hydrogen-bond acceptors (Lipinski definition) is 3. The van der Waals surface area contributed by atoms with Crippen molar-refractivity contribution < 1.29 is 19.1 Å². The van der Waals surface area contributed by atoms with Crippen molar-refractivity contribution >= 4 is 22.8 Å². The third-order valence-electron chi connectivity index (χ3n) is 4.05. The molecule has 5 nitrogen and oxygen atoms in total. The number of carboxylic acid groups (broad SMARTS) is 1. The van der Waals surface area contributed by atoms with Gasteiger partial charge in [-0.05, 0) is 57.4 Å². The van der Waals surface area contributed by atoms with Crippen LogP contribution in [-0.2, 0) is 4.79 Å². The van der Waals surface area contributed by atoms with Crippen molar-refractivity contribution in [2.75, 3.05) is 6.54 Å². The molecule has 0 unspecified atom stereocenters. The molecule has 1 amide bonds. The number of carbonyl (C=O) groups excluding carboxylic acids is 1. The van der Waals surface area contributed by atoms with Crippen LogP contribution in [0.15, 0.2) is 22.8 Å². The van der Waals surface area contributed by atoms with Crippen LogP contribution in [0.25, 0.3) is 11.0 Å². The quantitative estimate of drug-likeness (QED) is 0.888. The summed E-state index contributed by atoms with van der Waals surface area (Å²) in [5, 5.41) is 12.6. The second-order valence-electron chi connectivity index (χ2n) is 6.28. The minimum absolute atomic E-state index is 0.247. The molecule has 0 saturated heterocycles. The summed E-state index contributed by atoms with van der Waals surface area (Å²) in [6, 6.07) is 3.85. The van der Waals surface area contributed by atoms with Crippen LogP contribution >= 0.6 is 0 Å². The fraction of sp³-hybridized carbons (Fsp3) is 0.412. The number of hydrogen-bond donors (Lipinski definition) is 2. The molecule has 0 aliphatic heterocycles. The van der Waals surface area contributed by atoms with Gasteiger partial charge >= 0.3 is 5.97 Å². The van der Waals surface area contributed by atoms with Gasteiger partial charge in [-0.3, -0.25) is 9.59 Å². The zero-order valence-corrected chi connectivity index (χ0v) is 13.3. The predicted molar refractivity (Wildman–Crippen MR) is 84.1 cm³/mol. The molecule has 0 fully saturated rings. The molecule has 0 aliphatic rings. The van der Waals surface area contributed by atoms with Crippen molar-refractivity contribution in [1.82, 2.24) is 5.32 Å². The van der Waals surface area contributed by atoms with Gasteiger partial charge in [0, 0.05) is 11.9 Å². The van der Waals surface area contributed by atoms with Crippen LogP contribution in [0, 0.1) is 19.3 Å². The van der Waals surface area contributed by atoms with Crippen molar-refractivity contribution in [3.8, 4) is 0 Å². The Hall–Kier alpha value is -2.30. The van der Waals surface area contributed by atoms with Crippen LogP contribution in [0.1, 0.15) is 41.8 Å². The second kappa shape index (κ2) is 5.83. The Morgan fingerprint density at radius 3 is 2.50 bits per heavy atom. The highest BCUT2D eigenvalue weighted by molar-refractivity contribution is 6.06. The average molecular weight is 303 g/mol. The van der Waals surface area contributed by atoms with Crippen molar-refractivity contribution in [2.45, 2.75) is 34.1 Å². The molecule has 2 rings (SSSR count). The Bertz CT molecular complexity index is 728. The third kappa shape index (κ3) is 3.13. The van der Waals surface area contributed by atoms with Gasteiger partial charge in [-0.2, -0.15) is 0 Å². The number of carboxylic acids is 1. The highest BCUT2D eigenvalue weighted by atomic mass is 16.4. The molecule has 1 heterocycles. The maximum absolute atomic E-state index is 12.3. The SMILES string of the molecule is Cc1cc2occ(C(=O)NCCC(C)(C)C(=O)O)c2cc1C. The van der Waals surface area contributed by atoms with E-state index in [0.29, 0.717) is 24.1 Å². The van der Waals surface area contributed by atoms with E-state index in [1.165, 1.54) is 6.26 Å². The molecule has 118 valence electrons.